The predicted molar refractivity (Wildman–Crippen MR) is 147 cm³/mol. The molecule has 3 aromatic rings. The molecule has 0 radical (unpaired) electrons. The fourth-order valence-corrected chi connectivity index (χ4v) is 5.17. The van der Waals surface area contributed by atoms with Crippen LogP contribution in [-0.2, 0) is 19.1 Å². The van der Waals surface area contributed by atoms with Gasteiger partial charge in [-0.1, -0.05) is 103 Å². The molecule has 2 fully saturated rings. The van der Waals surface area contributed by atoms with Crippen LogP contribution in [0.2, 0.25) is 0 Å². The van der Waals surface area contributed by atoms with Crippen molar-refractivity contribution in [3.63, 3.8) is 0 Å². The molecular weight excluding hydrogens is 492 g/mol. The number of carbonyl (C=O) groups is 3. The highest BCUT2D eigenvalue weighted by atomic mass is 16.6. The van der Waals surface area contributed by atoms with Gasteiger partial charge in [0.05, 0.1) is 6.04 Å². The lowest BCUT2D eigenvalue weighted by Gasteiger charge is -2.49. The van der Waals surface area contributed by atoms with Crippen LogP contribution < -0.4 is 0 Å². The standard InChI is InChI=1S/C32H32N2O5/c1-32(2,3)39-26(35)21-33-25(20-19-22-13-7-4-8-14-22)28(30(33)36)34-27(23-15-9-5-10-16-23)29(38-31(34)37)24-17-11-6-12-18-24/h4-20,25,27-29H,21H2,1-3H3/t25-,27+,28+,29-/m1/s1. The molecule has 200 valence electrons. The van der Waals surface area contributed by atoms with E-state index in [1.54, 1.807) is 25.7 Å². The van der Waals surface area contributed by atoms with Crippen molar-refractivity contribution < 1.29 is 23.9 Å². The molecule has 39 heavy (non-hydrogen) atoms. The van der Waals surface area contributed by atoms with Gasteiger partial charge in [-0.3, -0.25) is 14.5 Å². The monoisotopic (exact) mass is 524 g/mol. The zero-order valence-electron chi connectivity index (χ0n) is 22.3. The number of esters is 1. The number of hydrogen-bond donors (Lipinski definition) is 0. The topological polar surface area (TPSA) is 76.2 Å². The number of cyclic esters (lactones) is 1. The molecular formula is C32H32N2O5. The van der Waals surface area contributed by atoms with E-state index in [1.807, 2.05) is 103 Å². The van der Waals surface area contributed by atoms with Crippen LogP contribution in [-0.4, -0.2) is 52.0 Å². The lowest BCUT2D eigenvalue weighted by molar-refractivity contribution is -0.168. The van der Waals surface area contributed by atoms with Crippen LogP contribution in [0.25, 0.3) is 6.08 Å². The lowest BCUT2D eigenvalue weighted by Crippen LogP contribution is -2.71. The largest absolute Gasteiger partial charge is 0.459 e. The first-order valence-corrected chi connectivity index (χ1v) is 13.1. The minimum absolute atomic E-state index is 0.211. The normalized spacial score (nSPS) is 23.1. The maximum Gasteiger partial charge on any atom is 0.411 e. The van der Waals surface area contributed by atoms with Crippen LogP contribution in [0, 0.1) is 0 Å². The van der Waals surface area contributed by atoms with Crippen LogP contribution in [0.1, 0.15) is 49.6 Å². The molecule has 0 aliphatic carbocycles. The van der Waals surface area contributed by atoms with Gasteiger partial charge < -0.3 is 14.4 Å². The Morgan fingerprint density at radius 3 is 2.00 bits per heavy atom. The summed E-state index contributed by atoms with van der Waals surface area (Å²) >= 11 is 0. The van der Waals surface area contributed by atoms with Gasteiger partial charge in [0.2, 0.25) is 5.91 Å². The first-order chi connectivity index (χ1) is 18.7. The zero-order valence-corrected chi connectivity index (χ0v) is 22.3. The van der Waals surface area contributed by atoms with Gasteiger partial charge in [0.15, 0.2) is 6.10 Å². The minimum Gasteiger partial charge on any atom is -0.459 e. The fraction of sp³-hybridized carbons (Fsp3) is 0.281. The Hall–Kier alpha value is -4.39. The number of hydrogen-bond acceptors (Lipinski definition) is 5. The highest BCUT2D eigenvalue weighted by molar-refractivity contribution is 5.96. The molecule has 0 saturated carbocycles. The number of nitrogens with zero attached hydrogens (tertiary/aromatic N) is 2. The summed E-state index contributed by atoms with van der Waals surface area (Å²) in [6, 6.07) is 26.9. The van der Waals surface area contributed by atoms with E-state index in [9.17, 15) is 14.4 Å². The second kappa shape index (κ2) is 10.8. The minimum atomic E-state index is -0.834. The summed E-state index contributed by atoms with van der Waals surface area (Å²) in [5.74, 6) is -0.826. The van der Waals surface area contributed by atoms with Crippen molar-refractivity contribution in [2.75, 3.05) is 6.54 Å². The second-order valence-electron chi connectivity index (χ2n) is 10.7. The van der Waals surface area contributed by atoms with Crippen LogP contribution >= 0.6 is 0 Å². The van der Waals surface area contributed by atoms with Crippen molar-refractivity contribution in [3.05, 3.63) is 114 Å². The van der Waals surface area contributed by atoms with E-state index in [0.717, 1.165) is 16.7 Å². The van der Waals surface area contributed by atoms with Crippen molar-refractivity contribution >= 4 is 24.0 Å². The molecule has 0 aromatic heterocycles. The van der Waals surface area contributed by atoms with Gasteiger partial charge in [-0.05, 0) is 37.5 Å². The highest BCUT2D eigenvalue weighted by Gasteiger charge is 2.58. The Morgan fingerprint density at radius 1 is 0.846 bits per heavy atom. The molecule has 5 rings (SSSR count). The SMILES string of the molecule is CC(C)(C)OC(=O)CN1C(=O)[C@@H](N2C(=O)O[C@H](c3ccccc3)[C@@H]2c2ccccc2)[C@H]1C=Cc1ccccc1. The van der Waals surface area contributed by atoms with Gasteiger partial charge in [0.1, 0.15) is 24.2 Å². The van der Waals surface area contributed by atoms with E-state index in [-0.39, 0.29) is 12.5 Å². The van der Waals surface area contributed by atoms with Gasteiger partial charge in [-0.15, -0.1) is 0 Å². The second-order valence-corrected chi connectivity index (χ2v) is 10.7. The van der Waals surface area contributed by atoms with Gasteiger partial charge >= 0.3 is 12.1 Å². The van der Waals surface area contributed by atoms with Crippen molar-refractivity contribution in [1.82, 2.24) is 9.80 Å². The number of carbonyl (C=O) groups excluding carboxylic acids is 3. The molecule has 7 heteroatoms. The Morgan fingerprint density at radius 2 is 1.41 bits per heavy atom. The van der Waals surface area contributed by atoms with Crippen LogP contribution in [0.3, 0.4) is 0 Å². The van der Waals surface area contributed by atoms with Crippen molar-refractivity contribution in [2.45, 2.75) is 50.6 Å². The van der Waals surface area contributed by atoms with Gasteiger partial charge in [-0.25, -0.2) is 4.79 Å². The quantitative estimate of drug-likeness (QED) is 0.299. The van der Waals surface area contributed by atoms with E-state index in [0.29, 0.717) is 0 Å². The summed E-state index contributed by atoms with van der Waals surface area (Å²) in [6.45, 7) is 5.14. The molecule has 4 atom stereocenters. The Kier molecular flexibility index (Phi) is 7.24. The maximum atomic E-state index is 13.7. The summed E-state index contributed by atoms with van der Waals surface area (Å²) in [7, 11) is 0. The molecule has 2 aliphatic heterocycles. The first-order valence-electron chi connectivity index (χ1n) is 13.1. The van der Waals surface area contributed by atoms with Gasteiger partial charge in [-0.2, -0.15) is 0 Å². The number of β-lactam (4-membered cyclic amide) rings is 1. The van der Waals surface area contributed by atoms with Crippen LogP contribution in [0.15, 0.2) is 97.1 Å². The van der Waals surface area contributed by atoms with Crippen molar-refractivity contribution in [3.8, 4) is 0 Å². The molecule has 2 saturated heterocycles. The Bertz CT molecular complexity index is 1350. The van der Waals surface area contributed by atoms with Crippen molar-refractivity contribution in [1.29, 1.82) is 0 Å². The first kappa shape index (κ1) is 26.2. The molecule has 2 amide bonds. The van der Waals surface area contributed by atoms with E-state index < -0.39 is 41.9 Å². The summed E-state index contributed by atoms with van der Waals surface area (Å²) in [6.07, 6.45) is 2.62. The predicted octanol–water partition coefficient (Wildman–Crippen LogP) is 5.56. The molecule has 3 aromatic carbocycles. The molecule has 0 N–H and O–H groups in total. The number of likely N-dealkylation sites (tertiary alicyclic amines) is 1. The number of benzene rings is 3. The molecule has 2 heterocycles. The molecule has 0 unspecified atom stereocenters. The number of rotatable bonds is 7. The summed E-state index contributed by atoms with van der Waals surface area (Å²) < 4.78 is 11.4. The summed E-state index contributed by atoms with van der Waals surface area (Å²) in [5, 5.41) is 0. The molecule has 0 spiro atoms. The van der Waals surface area contributed by atoms with E-state index in [1.165, 1.54) is 4.90 Å². The third-order valence-electron chi connectivity index (χ3n) is 6.82. The van der Waals surface area contributed by atoms with Crippen LogP contribution in [0.5, 0.6) is 0 Å². The van der Waals surface area contributed by atoms with Crippen molar-refractivity contribution in [2.24, 2.45) is 0 Å². The van der Waals surface area contributed by atoms with E-state index >= 15 is 0 Å². The summed E-state index contributed by atoms with van der Waals surface area (Å²) in [4.78, 5) is 42.8. The number of amides is 2. The highest BCUT2D eigenvalue weighted by Crippen LogP contribution is 2.47. The van der Waals surface area contributed by atoms with E-state index in [2.05, 4.69) is 0 Å². The Balaban J connectivity index is 1.51. The summed E-state index contributed by atoms with van der Waals surface area (Å²) in [5.41, 5.74) is 1.97. The molecule has 7 nitrogen and oxygen atoms in total. The fourth-order valence-electron chi connectivity index (χ4n) is 5.17. The average Bonchev–Trinajstić information content (AvgIpc) is 3.26. The molecule has 2 aliphatic rings. The third kappa shape index (κ3) is 5.58. The zero-order chi connectivity index (χ0) is 27.6. The lowest BCUT2D eigenvalue weighted by atomic mass is 9.88. The maximum absolute atomic E-state index is 13.7. The van der Waals surface area contributed by atoms with E-state index in [4.69, 9.17) is 9.47 Å². The van der Waals surface area contributed by atoms with Gasteiger partial charge in [0.25, 0.3) is 0 Å². The molecule has 0 bridgehead atoms. The average molecular weight is 525 g/mol. The van der Waals surface area contributed by atoms with Crippen LogP contribution in [0.4, 0.5) is 4.79 Å². The smallest absolute Gasteiger partial charge is 0.411 e. The van der Waals surface area contributed by atoms with Gasteiger partial charge in [0, 0.05) is 0 Å². The number of ether oxygens (including phenoxy) is 2. The third-order valence-corrected chi connectivity index (χ3v) is 6.82. The Labute approximate surface area is 228 Å².